The highest BCUT2D eigenvalue weighted by molar-refractivity contribution is 6.01. The van der Waals surface area contributed by atoms with Crippen LogP contribution in [0.4, 0.5) is 0 Å². The van der Waals surface area contributed by atoms with Crippen LogP contribution in [0.2, 0.25) is 0 Å². The zero-order chi connectivity index (χ0) is 28.3. The Kier molecular flexibility index (Phi) is 10.3. The van der Waals surface area contributed by atoms with Crippen molar-refractivity contribution in [3.8, 4) is 6.07 Å². The van der Waals surface area contributed by atoms with Crippen molar-refractivity contribution in [2.24, 2.45) is 4.99 Å². The van der Waals surface area contributed by atoms with Crippen LogP contribution in [0, 0.1) is 11.3 Å². The van der Waals surface area contributed by atoms with Crippen molar-refractivity contribution >= 4 is 11.8 Å². The topological polar surface area (TPSA) is 102 Å². The molecule has 8 nitrogen and oxygen atoms in total. The maximum absolute atomic E-state index is 12.8. The zero-order valence-electron chi connectivity index (χ0n) is 23.1. The molecule has 0 amide bonds. The molecule has 1 atom stereocenters. The first kappa shape index (κ1) is 28.8. The summed E-state index contributed by atoms with van der Waals surface area (Å²) in [5.74, 6) is 0.0789. The van der Waals surface area contributed by atoms with Crippen LogP contribution in [0.5, 0.6) is 0 Å². The normalized spacial score (nSPS) is 15.3. The lowest BCUT2D eigenvalue weighted by Gasteiger charge is -2.38. The van der Waals surface area contributed by atoms with Gasteiger partial charge in [-0.2, -0.15) is 5.26 Å². The Morgan fingerprint density at radius 1 is 1.10 bits per heavy atom. The van der Waals surface area contributed by atoms with Crippen LogP contribution < -0.4 is 0 Å². The summed E-state index contributed by atoms with van der Waals surface area (Å²) in [6.07, 6.45) is 3.20. The first-order chi connectivity index (χ1) is 19.5. The van der Waals surface area contributed by atoms with Crippen molar-refractivity contribution in [2.45, 2.75) is 32.7 Å². The summed E-state index contributed by atoms with van der Waals surface area (Å²) < 4.78 is 11.8. The number of carboxylic acid groups (broad SMARTS) is 1. The second-order valence-electron chi connectivity index (χ2n) is 9.58. The minimum Gasteiger partial charge on any atom is -0.478 e. The predicted molar refractivity (Wildman–Crippen MR) is 154 cm³/mol. The molecule has 4 rings (SSSR count). The number of hydrogen-bond donors (Lipinski definition) is 1. The maximum Gasteiger partial charge on any atom is 0.336 e. The van der Waals surface area contributed by atoms with E-state index in [1.54, 1.807) is 24.5 Å². The van der Waals surface area contributed by atoms with E-state index in [9.17, 15) is 15.2 Å². The first-order valence-electron chi connectivity index (χ1n) is 13.7. The van der Waals surface area contributed by atoms with Crippen LogP contribution in [0.3, 0.4) is 0 Å². The molecule has 0 aliphatic carbocycles. The van der Waals surface area contributed by atoms with Gasteiger partial charge in [-0.25, -0.2) is 9.79 Å². The van der Waals surface area contributed by atoms with E-state index in [2.05, 4.69) is 36.9 Å². The van der Waals surface area contributed by atoms with E-state index in [0.717, 1.165) is 38.0 Å². The Labute approximate surface area is 235 Å². The third-order valence-corrected chi connectivity index (χ3v) is 7.13. The van der Waals surface area contributed by atoms with Gasteiger partial charge in [0, 0.05) is 13.1 Å². The fourth-order valence-electron chi connectivity index (χ4n) is 4.96. The summed E-state index contributed by atoms with van der Waals surface area (Å²) in [6, 6.07) is 22.4. The lowest BCUT2D eigenvalue weighted by Crippen LogP contribution is -2.42. The number of rotatable bonds is 14. The molecule has 40 heavy (non-hydrogen) atoms. The van der Waals surface area contributed by atoms with E-state index >= 15 is 0 Å². The van der Waals surface area contributed by atoms with Crippen LogP contribution in [0.15, 0.2) is 93.7 Å². The lowest BCUT2D eigenvalue weighted by molar-refractivity contribution is -0.133. The summed E-state index contributed by atoms with van der Waals surface area (Å²) in [5, 5.41) is 19.9. The summed E-state index contributed by atoms with van der Waals surface area (Å²) in [5.41, 5.74) is 3.02. The molecule has 0 bridgehead atoms. The van der Waals surface area contributed by atoms with E-state index in [1.165, 1.54) is 5.56 Å². The van der Waals surface area contributed by atoms with Crippen LogP contribution in [0.1, 0.15) is 48.8 Å². The fourth-order valence-corrected chi connectivity index (χ4v) is 4.96. The molecule has 0 saturated carbocycles. The molecule has 0 spiro atoms. The third kappa shape index (κ3) is 7.06. The molecular formula is C32H36N4O4. The number of carboxylic acids is 1. The highest BCUT2D eigenvalue weighted by Gasteiger charge is 2.38. The minimum atomic E-state index is -1.05. The average Bonchev–Trinajstić information content (AvgIpc) is 3.53. The summed E-state index contributed by atoms with van der Waals surface area (Å²) in [7, 11) is 0. The largest absolute Gasteiger partial charge is 0.478 e. The second kappa shape index (κ2) is 14.3. The lowest BCUT2D eigenvalue weighted by atomic mass is 9.92. The number of benzene rings is 2. The molecule has 1 aliphatic rings. The monoisotopic (exact) mass is 540 g/mol. The highest BCUT2D eigenvalue weighted by Crippen LogP contribution is 2.37. The van der Waals surface area contributed by atoms with Crippen LogP contribution >= 0.6 is 0 Å². The van der Waals surface area contributed by atoms with Gasteiger partial charge in [-0.15, -0.1) is 0 Å². The van der Waals surface area contributed by atoms with E-state index in [0.29, 0.717) is 36.0 Å². The number of likely N-dealkylation sites (N-methyl/N-ethyl adjacent to an activating group) is 1. The molecule has 0 fully saturated rings. The van der Waals surface area contributed by atoms with Crippen molar-refractivity contribution < 1.29 is 19.1 Å². The van der Waals surface area contributed by atoms with E-state index in [-0.39, 0.29) is 12.2 Å². The van der Waals surface area contributed by atoms with E-state index in [4.69, 9.17) is 14.1 Å². The molecule has 2 heterocycles. The average molecular weight is 541 g/mol. The standard InChI is InChI=1S/C32H36N4O4/c1-3-35(4-2)19-21-39-23-27-29(32(37)38)30(26-16-14-25(22-33)15-17-26)36(31(34-27)28-13-9-20-40-28)18-8-12-24-10-6-5-7-11-24/h5-7,9-11,13-17,20,30H,3-4,8,12,18-19,21,23H2,1-2H3,(H,37,38). The molecule has 1 aromatic heterocycles. The van der Waals surface area contributed by atoms with Gasteiger partial charge in [0.25, 0.3) is 0 Å². The van der Waals surface area contributed by atoms with Gasteiger partial charge >= 0.3 is 5.97 Å². The number of nitrogens with zero attached hydrogens (tertiary/aromatic N) is 4. The molecular weight excluding hydrogens is 504 g/mol. The van der Waals surface area contributed by atoms with Gasteiger partial charge in [-0.05, 0) is 61.3 Å². The second-order valence-corrected chi connectivity index (χ2v) is 9.58. The van der Waals surface area contributed by atoms with E-state index < -0.39 is 12.0 Å². The van der Waals surface area contributed by atoms with Crippen molar-refractivity contribution in [3.63, 3.8) is 0 Å². The molecule has 208 valence electrons. The van der Waals surface area contributed by atoms with Gasteiger partial charge < -0.3 is 24.1 Å². The molecule has 1 N–H and O–H groups in total. The van der Waals surface area contributed by atoms with Gasteiger partial charge in [0.05, 0.1) is 48.4 Å². The predicted octanol–water partition coefficient (Wildman–Crippen LogP) is 5.28. The van der Waals surface area contributed by atoms with Crippen LogP contribution in [-0.4, -0.2) is 66.1 Å². The maximum atomic E-state index is 12.8. The zero-order valence-corrected chi connectivity index (χ0v) is 23.1. The highest BCUT2D eigenvalue weighted by atomic mass is 16.5. The molecule has 8 heteroatoms. The summed E-state index contributed by atoms with van der Waals surface area (Å²) in [4.78, 5) is 22.0. The summed E-state index contributed by atoms with van der Waals surface area (Å²) >= 11 is 0. The number of aliphatic imine (C=N–C) groups is 1. The number of aryl methyl sites for hydroxylation is 1. The molecule has 0 saturated heterocycles. The molecule has 2 aromatic carbocycles. The molecule has 3 aromatic rings. The van der Waals surface area contributed by atoms with Crippen molar-refractivity contribution in [3.05, 3.63) is 107 Å². The van der Waals surface area contributed by atoms with Crippen molar-refractivity contribution in [2.75, 3.05) is 39.4 Å². The Bertz CT molecular complexity index is 1340. The number of ether oxygens (including phenoxy) is 1. The smallest absolute Gasteiger partial charge is 0.336 e. The number of hydrogen-bond acceptors (Lipinski definition) is 7. The minimum absolute atomic E-state index is 0.0672. The number of furan rings is 1. The number of carbonyl (C=O) groups is 1. The summed E-state index contributed by atoms with van der Waals surface area (Å²) in [6.45, 7) is 7.87. The Balaban J connectivity index is 1.71. The number of nitriles is 1. The molecule has 0 radical (unpaired) electrons. The fraction of sp³-hybridized carbons (Fsp3) is 0.344. The quantitative estimate of drug-likeness (QED) is 0.277. The molecule has 1 unspecified atom stereocenters. The number of amidine groups is 1. The SMILES string of the molecule is CCN(CC)CCOCC1=C(C(=O)O)C(c2ccc(C#N)cc2)N(CCCc2ccccc2)C(c2ccco2)=N1. The van der Waals surface area contributed by atoms with Crippen LogP contribution in [-0.2, 0) is 16.0 Å². The van der Waals surface area contributed by atoms with Crippen molar-refractivity contribution in [1.82, 2.24) is 9.80 Å². The van der Waals surface area contributed by atoms with Crippen LogP contribution in [0.25, 0.3) is 0 Å². The van der Waals surface area contributed by atoms with Gasteiger partial charge in [0.15, 0.2) is 11.6 Å². The van der Waals surface area contributed by atoms with Crippen molar-refractivity contribution in [1.29, 1.82) is 5.26 Å². The number of aliphatic carboxylic acids is 1. The Morgan fingerprint density at radius 3 is 2.48 bits per heavy atom. The van der Waals surface area contributed by atoms with Gasteiger partial charge in [-0.3, -0.25) is 0 Å². The van der Waals surface area contributed by atoms with Gasteiger partial charge in [-0.1, -0.05) is 56.3 Å². The Morgan fingerprint density at radius 2 is 1.85 bits per heavy atom. The molecule has 1 aliphatic heterocycles. The third-order valence-electron chi connectivity index (χ3n) is 7.13. The first-order valence-corrected chi connectivity index (χ1v) is 13.7. The van der Waals surface area contributed by atoms with Gasteiger partial charge in [0.1, 0.15) is 0 Å². The Hall–Kier alpha value is -4.19. The van der Waals surface area contributed by atoms with E-state index in [1.807, 2.05) is 41.3 Å². The van der Waals surface area contributed by atoms with Gasteiger partial charge in [0.2, 0.25) is 0 Å².